The van der Waals surface area contributed by atoms with Crippen molar-refractivity contribution in [2.75, 3.05) is 33.8 Å². The number of hydrogen-bond acceptors (Lipinski definition) is 9. The second-order valence-corrected chi connectivity index (χ2v) is 10.4. The fraction of sp³-hybridized carbons (Fsp3) is 0.290. The monoisotopic (exact) mass is 555 g/mol. The highest BCUT2D eigenvalue weighted by Gasteiger charge is 2.88. The molecule has 0 unspecified atom stereocenters. The zero-order valence-electron chi connectivity index (χ0n) is 23.0. The number of carbonyl (C=O) groups is 1. The second kappa shape index (κ2) is 8.65. The smallest absolute Gasteiger partial charge is 0.314 e. The van der Waals surface area contributed by atoms with Crippen molar-refractivity contribution in [1.82, 2.24) is 9.78 Å². The molecule has 5 atom stereocenters. The van der Waals surface area contributed by atoms with E-state index in [1.165, 1.54) is 11.8 Å². The molecule has 1 aromatic heterocycles. The summed E-state index contributed by atoms with van der Waals surface area (Å²) >= 11 is 0. The lowest BCUT2D eigenvalue weighted by atomic mass is 9.68. The van der Waals surface area contributed by atoms with E-state index in [0.29, 0.717) is 39.9 Å². The van der Waals surface area contributed by atoms with Gasteiger partial charge in [-0.1, -0.05) is 42.5 Å². The number of benzene rings is 3. The molecule has 10 heteroatoms. The highest BCUT2D eigenvalue weighted by Crippen LogP contribution is 2.77. The predicted molar refractivity (Wildman–Crippen MR) is 147 cm³/mol. The van der Waals surface area contributed by atoms with E-state index in [0.717, 1.165) is 5.56 Å². The molecule has 1 spiro atoms. The van der Waals surface area contributed by atoms with Gasteiger partial charge in [-0.15, -0.1) is 0 Å². The topological polar surface area (TPSA) is 113 Å². The molecule has 0 amide bonds. The molecule has 2 N–H and O–H groups in total. The standard InChI is InChI=1S/C31H29N3O7/c1-37-20-12-10-19(11-13-20)29-25(18-8-6-5-7-9-18)27(28(35)40-4)31(36)30(29,33-24-14-15-32-34(24)31)26-22(39-3)16-21(38-2)17-23(26)41-29/h5-17,25,27,33,36H,1-4H3/t25-,27+,29+,30-,31-/m1/s1. The van der Waals surface area contributed by atoms with Crippen molar-refractivity contribution in [3.8, 4) is 23.0 Å². The Kier molecular flexibility index (Phi) is 5.33. The normalized spacial score (nSPS) is 28.4. The summed E-state index contributed by atoms with van der Waals surface area (Å²) in [7, 11) is 6.03. The van der Waals surface area contributed by atoms with Gasteiger partial charge in [0, 0.05) is 24.1 Å². The number of anilines is 1. The molecule has 1 saturated carbocycles. The van der Waals surface area contributed by atoms with E-state index in [2.05, 4.69) is 10.4 Å². The Labute approximate surface area is 236 Å². The number of methoxy groups -OCH3 is 4. The Morgan fingerprint density at radius 2 is 1.68 bits per heavy atom. The van der Waals surface area contributed by atoms with E-state index in [-0.39, 0.29) is 0 Å². The first-order valence-corrected chi connectivity index (χ1v) is 13.2. The molecule has 1 aliphatic carbocycles. The summed E-state index contributed by atoms with van der Waals surface area (Å²) in [5, 5.41) is 21.4. The van der Waals surface area contributed by atoms with Crippen LogP contribution in [0, 0.1) is 5.92 Å². The van der Waals surface area contributed by atoms with Crippen LogP contribution in [0.25, 0.3) is 0 Å². The SMILES string of the molecule is COC(=O)[C@@H]1[C@@H](c2ccccc2)[C@]2(c3ccc(OC)cc3)Oc3cc(OC)cc(OC)c3[C@@]23Nc2ccnn2[C@@]13O. The zero-order valence-corrected chi connectivity index (χ0v) is 23.0. The van der Waals surface area contributed by atoms with Gasteiger partial charge < -0.3 is 34.1 Å². The summed E-state index contributed by atoms with van der Waals surface area (Å²) in [5.41, 5.74) is -2.92. The number of nitrogens with one attached hydrogen (secondary N) is 1. The van der Waals surface area contributed by atoms with Gasteiger partial charge in [0.15, 0.2) is 11.1 Å². The number of hydrogen-bond donors (Lipinski definition) is 2. The van der Waals surface area contributed by atoms with Crippen LogP contribution in [-0.2, 0) is 26.4 Å². The van der Waals surface area contributed by atoms with Crippen LogP contribution in [0.2, 0.25) is 0 Å². The maximum Gasteiger partial charge on any atom is 0.314 e. The average Bonchev–Trinajstić information content (AvgIpc) is 3.71. The van der Waals surface area contributed by atoms with Gasteiger partial charge in [-0.3, -0.25) is 4.79 Å². The maximum atomic E-state index is 14.0. The van der Waals surface area contributed by atoms with Gasteiger partial charge in [-0.05, 0) is 23.3 Å². The van der Waals surface area contributed by atoms with Crippen LogP contribution in [0.3, 0.4) is 0 Å². The van der Waals surface area contributed by atoms with Gasteiger partial charge in [0.2, 0.25) is 5.72 Å². The molecular weight excluding hydrogens is 526 g/mol. The minimum Gasteiger partial charge on any atom is -0.497 e. The Morgan fingerprint density at radius 1 is 0.951 bits per heavy atom. The second-order valence-electron chi connectivity index (χ2n) is 10.4. The van der Waals surface area contributed by atoms with Gasteiger partial charge in [-0.25, -0.2) is 4.68 Å². The highest BCUT2D eigenvalue weighted by atomic mass is 16.5. The lowest BCUT2D eigenvalue weighted by molar-refractivity contribution is -0.171. The number of carbonyl (C=O) groups excluding carboxylic acids is 1. The van der Waals surface area contributed by atoms with Crippen LogP contribution in [-0.4, -0.2) is 49.3 Å². The molecule has 0 radical (unpaired) electrons. The largest absolute Gasteiger partial charge is 0.497 e. The van der Waals surface area contributed by atoms with Gasteiger partial charge in [-0.2, -0.15) is 5.10 Å². The van der Waals surface area contributed by atoms with E-state index >= 15 is 0 Å². The molecule has 2 aliphatic heterocycles. The first-order chi connectivity index (χ1) is 19.9. The minimum absolute atomic E-state index is 0.420. The lowest BCUT2D eigenvalue weighted by Gasteiger charge is -2.44. The van der Waals surface area contributed by atoms with E-state index in [9.17, 15) is 9.90 Å². The molecule has 10 nitrogen and oxygen atoms in total. The van der Waals surface area contributed by atoms with Gasteiger partial charge in [0.05, 0.1) is 40.2 Å². The molecule has 7 rings (SSSR count). The van der Waals surface area contributed by atoms with Gasteiger partial charge >= 0.3 is 5.97 Å². The third-order valence-electron chi connectivity index (χ3n) is 8.87. The molecule has 3 heterocycles. The van der Waals surface area contributed by atoms with Gasteiger partial charge in [0.1, 0.15) is 34.7 Å². The summed E-state index contributed by atoms with van der Waals surface area (Å²) in [6, 6.07) is 22.3. The molecule has 41 heavy (non-hydrogen) atoms. The molecule has 0 bridgehead atoms. The fourth-order valence-corrected chi connectivity index (χ4v) is 7.39. The average molecular weight is 556 g/mol. The summed E-state index contributed by atoms with van der Waals surface area (Å²) in [4.78, 5) is 14.0. The third-order valence-corrected chi connectivity index (χ3v) is 8.87. The van der Waals surface area contributed by atoms with E-state index in [1.807, 2.05) is 54.6 Å². The molecule has 3 aliphatic rings. The minimum atomic E-state index is -2.01. The number of ether oxygens (including phenoxy) is 5. The Bertz CT molecular complexity index is 1660. The third kappa shape index (κ3) is 2.84. The highest BCUT2D eigenvalue weighted by molar-refractivity contribution is 5.82. The number of fused-ring (bicyclic) bond motifs is 3. The number of nitrogens with zero attached hydrogens (tertiary/aromatic N) is 2. The van der Waals surface area contributed by atoms with Crippen molar-refractivity contribution in [3.63, 3.8) is 0 Å². The molecule has 210 valence electrons. The fourth-order valence-electron chi connectivity index (χ4n) is 7.39. The van der Waals surface area contributed by atoms with Crippen LogP contribution >= 0.6 is 0 Å². The molecule has 3 aromatic carbocycles. The van der Waals surface area contributed by atoms with Crippen molar-refractivity contribution < 1.29 is 33.6 Å². The predicted octanol–water partition coefficient (Wildman–Crippen LogP) is 3.75. The Morgan fingerprint density at radius 3 is 2.34 bits per heavy atom. The van der Waals surface area contributed by atoms with Crippen LogP contribution in [0.4, 0.5) is 5.82 Å². The number of aliphatic hydroxyl groups is 1. The molecule has 0 saturated heterocycles. The number of rotatable bonds is 6. The van der Waals surface area contributed by atoms with Crippen molar-refractivity contribution in [2.24, 2.45) is 5.92 Å². The first-order valence-electron chi connectivity index (χ1n) is 13.2. The van der Waals surface area contributed by atoms with Crippen molar-refractivity contribution in [2.45, 2.75) is 22.8 Å². The van der Waals surface area contributed by atoms with Crippen molar-refractivity contribution in [3.05, 3.63) is 95.7 Å². The maximum absolute atomic E-state index is 14.0. The van der Waals surface area contributed by atoms with Crippen molar-refractivity contribution in [1.29, 1.82) is 0 Å². The molecule has 1 fully saturated rings. The number of aromatic nitrogens is 2. The summed E-state index contributed by atoms with van der Waals surface area (Å²) in [6.45, 7) is 0. The van der Waals surface area contributed by atoms with Crippen LogP contribution < -0.4 is 24.3 Å². The summed E-state index contributed by atoms with van der Waals surface area (Å²) in [6.07, 6.45) is 1.58. The van der Waals surface area contributed by atoms with Crippen LogP contribution in [0.5, 0.6) is 23.0 Å². The first kappa shape index (κ1) is 25.3. The summed E-state index contributed by atoms with van der Waals surface area (Å²) in [5.74, 6) is 0.0120. The number of esters is 1. The quantitative estimate of drug-likeness (QED) is 0.344. The van der Waals surface area contributed by atoms with Gasteiger partial charge in [0.25, 0.3) is 0 Å². The van der Waals surface area contributed by atoms with E-state index < -0.39 is 34.7 Å². The zero-order chi connectivity index (χ0) is 28.6. The lowest BCUT2D eigenvalue weighted by Crippen LogP contribution is -2.60. The van der Waals surface area contributed by atoms with E-state index in [4.69, 9.17) is 23.7 Å². The Balaban J connectivity index is 1.67. The molecule has 4 aromatic rings. The Hall–Kier alpha value is -4.70. The van der Waals surface area contributed by atoms with Crippen molar-refractivity contribution >= 4 is 11.8 Å². The summed E-state index contributed by atoms with van der Waals surface area (Å²) < 4.78 is 31.0. The van der Waals surface area contributed by atoms with Crippen LogP contribution in [0.1, 0.15) is 22.6 Å². The van der Waals surface area contributed by atoms with E-state index in [1.54, 1.807) is 45.7 Å². The molecular formula is C31H29N3O7. The van der Waals surface area contributed by atoms with Crippen LogP contribution in [0.15, 0.2) is 79.0 Å².